The number of piperidine rings is 1. The molecule has 0 aliphatic carbocycles. The Morgan fingerprint density at radius 1 is 0.974 bits per heavy atom. The minimum absolute atomic E-state index is 0.222. The third-order valence-corrected chi connectivity index (χ3v) is 7.44. The first-order valence-corrected chi connectivity index (χ1v) is 13.4. The van der Waals surface area contributed by atoms with Crippen LogP contribution >= 0.6 is 0 Å². The molecule has 2 aliphatic rings. The van der Waals surface area contributed by atoms with Crippen molar-refractivity contribution in [3.63, 3.8) is 0 Å². The van der Waals surface area contributed by atoms with Gasteiger partial charge >= 0.3 is 12.2 Å². The lowest BCUT2D eigenvalue weighted by Crippen LogP contribution is -2.59. The van der Waals surface area contributed by atoms with Gasteiger partial charge in [-0.25, -0.2) is 4.79 Å². The molecule has 12 heteroatoms. The number of amides is 4. The number of nitrogens with one attached hydrogen (secondary N) is 3. The number of benzene rings is 1. The molecule has 3 atom stereocenters. The van der Waals surface area contributed by atoms with Gasteiger partial charge in [-0.15, -0.1) is 0 Å². The van der Waals surface area contributed by atoms with Crippen LogP contribution in [0.15, 0.2) is 30.3 Å². The molecule has 2 saturated heterocycles. The van der Waals surface area contributed by atoms with E-state index in [1.54, 1.807) is 49.1 Å². The molecule has 2 fully saturated rings. The first-order chi connectivity index (χ1) is 18.4. The molecular formula is C27H38F3N5O4. The molecule has 9 nitrogen and oxygen atoms in total. The van der Waals surface area contributed by atoms with Gasteiger partial charge in [0.2, 0.25) is 11.8 Å². The second-order valence-corrected chi connectivity index (χ2v) is 10.5. The van der Waals surface area contributed by atoms with E-state index in [2.05, 4.69) is 16.0 Å². The van der Waals surface area contributed by atoms with Gasteiger partial charge in [0.15, 0.2) is 0 Å². The molecule has 0 spiro atoms. The van der Waals surface area contributed by atoms with E-state index in [4.69, 9.17) is 0 Å². The Balaban J connectivity index is 1.70. The highest BCUT2D eigenvalue weighted by Gasteiger charge is 2.46. The number of hydrogen-bond donors (Lipinski definition) is 3. The van der Waals surface area contributed by atoms with E-state index in [1.807, 2.05) is 7.05 Å². The van der Waals surface area contributed by atoms with Crippen LogP contribution in [0.4, 0.5) is 18.0 Å². The summed E-state index contributed by atoms with van der Waals surface area (Å²) >= 11 is 0. The van der Waals surface area contributed by atoms with Gasteiger partial charge in [-0.05, 0) is 44.2 Å². The molecule has 3 N–H and O–H groups in total. The van der Waals surface area contributed by atoms with Crippen molar-refractivity contribution >= 4 is 23.6 Å². The molecule has 2 heterocycles. The molecule has 0 saturated carbocycles. The smallest absolute Gasteiger partial charge is 0.344 e. The number of carbonyl (C=O) groups is 4. The van der Waals surface area contributed by atoms with Gasteiger partial charge in [-0.2, -0.15) is 13.2 Å². The predicted molar refractivity (Wildman–Crippen MR) is 139 cm³/mol. The number of rotatable bonds is 9. The number of ketones is 1. The van der Waals surface area contributed by atoms with E-state index >= 15 is 0 Å². The number of alkyl halides is 3. The zero-order chi connectivity index (χ0) is 28.7. The van der Waals surface area contributed by atoms with Gasteiger partial charge in [0.25, 0.3) is 5.78 Å². The van der Waals surface area contributed by atoms with Crippen LogP contribution in [0.25, 0.3) is 0 Å². The minimum Gasteiger partial charge on any atom is -0.344 e. The minimum atomic E-state index is -5.13. The molecule has 216 valence electrons. The summed E-state index contributed by atoms with van der Waals surface area (Å²) in [6.07, 6.45) is -3.17. The summed E-state index contributed by atoms with van der Waals surface area (Å²) in [5.41, 5.74) is 0.459. The Bertz CT molecular complexity index is 1010. The van der Waals surface area contributed by atoms with Crippen LogP contribution in [0.2, 0.25) is 0 Å². The maximum absolute atomic E-state index is 13.5. The average molecular weight is 554 g/mol. The predicted octanol–water partition coefficient (Wildman–Crippen LogP) is 2.25. The summed E-state index contributed by atoms with van der Waals surface area (Å²) in [5, 5.41) is 8.27. The Hall–Kier alpha value is -3.15. The monoisotopic (exact) mass is 553 g/mol. The van der Waals surface area contributed by atoms with Crippen molar-refractivity contribution in [3.05, 3.63) is 35.9 Å². The number of halogens is 3. The lowest BCUT2D eigenvalue weighted by molar-refractivity contribution is -0.173. The van der Waals surface area contributed by atoms with Crippen LogP contribution < -0.4 is 16.0 Å². The van der Waals surface area contributed by atoms with Crippen molar-refractivity contribution < 1.29 is 32.3 Å². The van der Waals surface area contributed by atoms with Crippen LogP contribution in [0.3, 0.4) is 0 Å². The fourth-order valence-electron chi connectivity index (χ4n) is 5.12. The SMILES string of the molecule is CNC1CCN(C(=O)N[C@H](C(=O)N2CCC[C@H]2C(=O)N[C@@H](Cc2ccccc2)C(=O)C(F)(F)F)C(C)C)CC1. The lowest BCUT2D eigenvalue weighted by atomic mass is 10.0. The van der Waals surface area contributed by atoms with E-state index < -0.39 is 41.9 Å². The van der Waals surface area contributed by atoms with Gasteiger partial charge in [0.1, 0.15) is 18.1 Å². The molecule has 0 aromatic heterocycles. The largest absolute Gasteiger partial charge is 0.452 e. The third kappa shape index (κ3) is 7.93. The van der Waals surface area contributed by atoms with Gasteiger partial charge < -0.3 is 25.8 Å². The topological polar surface area (TPSA) is 111 Å². The highest BCUT2D eigenvalue weighted by atomic mass is 19.4. The Morgan fingerprint density at radius 3 is 2.18 bits per heavy atom. The van der Waals surface area contributed by atoms with Crippen LogP contribution in [0.5, 0.6) is 0 Å². The van der Waals surface area contributed by atoms with E-state index in [9.17, 15) is 32.3 Å². The third-order valence-electron chi connectivity index (χ3n) is 7.44. The van der Waals surface area contributed by atoms with Gasteiger partial charge in [-0.1, -0.05) is 44.2 Å². The Kier molecular flexibility index (Phi) is 10.3. The Labute approximate surface area is 226 Å². The molecule has 3 rings (SSSR count). The molecular weight excluding hydrogens is 515 g/mol. The second-order valence-electron chi connectivity index (χ2n) is 10.5. The summed E-state index contributed by atoms with van der Waals surface area (Å²) < 4.78 is 40.0. The maximum atomic E-state index is 13.5. The van der Waals surface area contributed by atoms with Crippen LogP contribution in [-0.2, 0) is 20.8 Å². The first kappa shape index (κ1) is 30.4. The van der Waals surface area contributed by atoms with Crippen molar-refractivity contribution in [2.75, 3.05) is 26.7 Å². The number of Topliss-reactive ketones (excluding diaryl/α,β-unsaturated/α-hetero) is 1. The summed E-state index contributed by atoms with van der Waals surface area (Å²) in [4.78, 5) is 54.8. The van der Waals surface area contributed by atoms with E-state index in [0.717, 1.165) is 12.8 Å². The maximum Gasteiger partial charge on any atom is 0.452 e. The molecule has 1 aromatic carbocycles. The summed E-state index contributed by atoms with van der Waals surface area (Å²) in [5.74, 6) is -3.63. The van der Waals surface area contributed by atoms with Crippen molar-refractivity contribution in [2.24, 2.45) is 5.92 Å². The van der Waals surface area contributed by atoms with E-state index in [1.165, 1.54) is 4.90 Å². The standard InChI is InChI=1S/C27H38F3N5O4/c1-17(2)22(33-26(39)34-14-11-19(31-3)12-15-34)25(38)35-13-7-10-21(35)24(37)32-20(23(36)27(28,29)30)16-18-8-5-4-6-9-18/h4-6,8-9,17,19-22,31H,7,10-16H2,1-3H3,(H,32,37)(H,33,39)/t20-,21-,22-/m0/s1. The van der Waals surface area contributed by atoms with Crippen molar-refractivity contribution in [1.82, 2.24) is 25.8 Å². The van der Waals surface area contributed by atoms with Gasteiger partial charge in [-0.3, -0.25) is 14.4 Å². The van der Waals surface area contributed by atoms with Gasteiger partial charge in [0.05, 0.1) is 0 Å². The highest BCUT2D eigenvalue weighted by molar-refractivity contribution is 5.96. The number of hydrogen-bond acceptors (Lipinski definition) is 5. The number of likely N-dealkylation sites (tertiary alicyclic amines) is 2. The van der Waals surface area contributed by atoms with Crippen molar-refractivity contribution in [2.45, 2.75) is 76.3 Å². The highest BCUT2D eigenvalue weighted by Crippen LogP contribution is 2.23. The van der Waals surface area contributed by atoms with Crippen LogP contribution in [-0.4, -0.2) is 90.5 Å². The molecule has 1 aromatic rings. The zero-order valence-corrected chi connectivity index (χ0v) is 22.6. The molecule has 2 aliphatic heterocycles. The summed E-state index contributed by atoms with van der Waals surface area (Å²) in [6.45, 7) is 4.86. The van der Waals surface area contributed by atoms with Crippen molar-refractivity contribution in [1.29, 1.82) is 0 Å². The zero-order valence-electron chi connectivity index (χ0n) is 22.6. The Morgan fingerprint density at radius 2 is 1.62 bits per heavy atom. The lowest BCUT2D eigenvalue weighted by Gasteiger charge is -2.35. The summed E-state index contributed by atoms with van der Waals surface area (Å²) in [7, 11) is 1.87. The molecule has 39 heavy (non-hydrogen) atoms. The summed E-state index contributed by atoms with van der Waals surface area (Å²) in [6, 6.07) is 4.30. The van der Waals surface area contributed by atoms with E-state index in [-0.39, 0.29) is 31.3 Å². The normalized spacial score (nSPS) is 20.0. The average Bonchev–Trinajstić information content (AvgIpc) is 3.40. The second kappa shape index (κ2) is 13.3. The molecule has 0 unspecified atom stereocenters. The van der Waals surface area contributed by atoms with Gasteiger partial charge in [0, 0.05) is 32.1 Å². The molecule has 4 amide bonds. The quantitative estimate of drug-likeness (QED) is 0.435. The number of urea groups is 1. The van der Waals surface area contributed by atoms with E-state index in [0.29, 0.717) is 31.1 Å². The fraction of sp³-hybridized carbons (Fsp3) is 0.630. The first-order valence-electron chi connectivity index (χ1n) is 13.4. The number of carbonyl (C=O) groups excluding carboxylic acids is 4. The number of nitrogens with zero attached hydrogens (tertiary/aromatic N) is 2. The van der Waals surface area contributed by atoms with Crippen LogP contribution in [0, 0.1) is 5.92 Å². The fourth-order valence-corrected chi connectivity index (χ4v) is 5.12. The molecule has 0 radical (unpaired) electrons. The van der Waals surface area contributed by atoms with Crippen molar-refractivity contribution in [3.8, 4) is 0 Å². The molecule has 0 bridgehead atoms. The van der Waals surface area contributed by atoms with Crippen LogP contribution in [0.1, 0.15) is 45.1 Å².